The summed E-state index contributed by atoms with van der Waals surface area (Å²) in [5, 5.41) is 3.35. The largest absolute Gasteiger partial charge is 0.337 e. The van der Waals surface area contributed by atoms with Crippen molar-refractivity contribution < 1.29 is 0 Å². The molecule has 4 nitrogen and oxygen atoms in total. The maximum absolute atomic E-state index is 4.04. The van der Waals surface area contributed by atoms with Crippen LogP contribution in [0.4, 0.5) is 0 Å². The standard InChI is InChI=1S/C12H22N4/c1-13-12-4-8-15(10-12)6-2-3-7-16-9-5-14-11-16/h5,9,11-13H,2-4,6-8,10H2,1H3. The van der Waals surface area contributed by atoms with Crippen LogP contribution in [0.2, 0.25) is 0 Å². The van der Waals surface area contributed by atoms with Crippen molar-refractivity contribution in [2.24, 2.45) is 0 Å². The molecule has 90 valence electrons. The summed E-state index contributed by atoms with van der Waals surface area (Å²) >= 11 is 0. The Hall–Kier alpha value is -0.870. The number of nitrogens with one attached hydrogen (secondary N) is 1. The first-order chi connectivity index (χ1) is 7.88. The van der Waals surface area contributed by atoms with Gasteiger partial charge in [0.05, 0.1) is 6.33 Å². The zero-order chi connectivity index (χ0) is 11.2. The molecule has 1 aromatic heterocycles. The monoisotopic (exact) mass is 222 g/mol. The van der Waals surface area contributed by atoms with Crippen molar-refractivity contribution in [3.8, 4) is 0 Å². The van der Waals surface area contributed by atoms with Gasteiger partial charge in [-0.15, -0.1) is 0 Å². The van der Waals surface area contributed by atoms with E-state index in [1.807, 2.05) is 18.7 Å². The number of nitrogens with zero attached hydrogens (tertiary/aromatic N) is 3. The summed E-state index contributed by atoms with van der Waals surface area (Å²) in [4.78, 5) is 6.61. The van der Waals surface area contributed by atoms with Crippen LogP contribution in [-0.2, 0) is 6.54 Å². The molecule has 0 saturated carbocycles. The molecule has 2 heterocycles. The summed E-state index contributed by atoms with van der Waals surface area (Å²) in [6.07, 6.45) is 9.61. The number of likely N-dealkylation sites (N-methyl/N-ethyl adjacent to an activating group) is 1. The van der Waals surface area contributed by atoms with Crippen LogP contribution in [0, 0.1) is 0 Å². The third-order valence-electron chi connectivity index (χ3n) is 3.38. The van der Waals surface area contributed by atoms with E-state index >= 15 is 0 Å². The second-order valence-corrected chi connectivity index (χ2v) is 4.58. The number of hydrogen-bond donors (Lipinski definition) is 1. The molecule has 1 aliphatic rings. The zero-order valence-corrected chi connectivity index (χ0v) is 10.1. The van der Waals surface area contributed by atoms with Gasteiger partial charge in [-0.3, -0.25) is 0 Å². The highest BCUT2D eigenvalue weighted by Gasteiger charge is 2.19. The Balaban J connectivity index is 1.55. The minimum absolute atomic E-state index is 0.716. The summed E-state index contributed by atoms with van der Waals surface area (Å²) in [6.45, 7) is 4.83. The van der Waals surface area contributed by atoms with Gasteiger partial charge < -0.3 is 14.8 Å². The topological polar surface area (TPSA) is 33.1 Å². The Morgan fingerprint density at radius 1 is 1.38 bits per heavy atom. The lowest BCUT2D eigenvalue weighted by Gasteiger charge is -2.15. The third kappa shape index (κ3) is 3.32. The molecule has 16 heavy (non-hydrogen) atoms. The summed E-state index contributed by atoms with van der Waals surface area (Å²) in [5.41, 5.74) is 0. The molecule has 1 unspecified atom stereocenters. The minimum atomic E-state index is 0.716. The first kappa shape index (κ1) is 11.6. The number of aryl methyl sites for hydroxylation is 1. The van der Waals surface area contributed by atoms with Crippen LogP contribution in [0.5, 0.6) is 0 Å². The fourth-order valence-electron chi connectivity index (χ4n) is 2.32. The molecule has 0 amide bonds. The predicted octanol–water partition coefficient (Wildman–Crippen LogP) is 0.957. The Labute approximate surface area is 97.7 Å². The molecule has 1 saturated heterocycles. The smallest absolute Gasteiger partial charge is 0.0945 e. The molecular formula is C12H22N4. The van der Waals surface area contributed by atoms with E-state index in [2.05, 4.69) is 26.8 Å². The van der Waals surface area contributed by atoms with E-state index in [-0.39, 0.29) is 0 Å². The fourth-order valence-corrected chi connectivity index (χ4v) is 2.32. The molecule has 1 aromatic rings. The van der Waals surface area contributed by atoms with Gasteiger partial charge in [0.25, 0.3) is 0 Å². The lowest BCUT2D eigenvalue weighted by Crippen LogP contribution is -2.30. The van der Waals surface area contributed by atoms with Crippen molar-refractivity contribution in [3.05, 3.63) is 18.7 Å². The minimum Gasteiger partial charge on any atom is -0.337 e. The molecule has 2 rings (SSSR count). The van der Waals surface area contributed by atoms with E-state index in [0.717, 1.165) is 6.54 Å². The van der Waals surface area contributed by atoms with Gasteiger partial charge in [0.15, 0.2) is 0 Å². The van der Waals surface area contributed by atoms with E-state index in [1.54, 1.807) is 0 Å². The molecule has 4 heteroatoms. The van der Waals surface area contributed by atoms with E-state index in [9.17, 15) is 0 Å². The first-order valence-corrected chi connectivity index (χ1v) is 6.24. The number of unbranched alkanes of at least 4 members (excludes halogenated alkanes) is 1. The van der Waals surface area contributed by atoms with E-state index in [0.29, 0.717) is 6.04 Å². The second kappa shape index (κ2) is 6.01. The predicted molar refractivity (Wildman–Crippen MR) is 65.4 cm³/mol. The summed E-state index contributed by atoms with van der Waals surface area (Å²) in [6, 6.07) is 0.716. The van der Waals surface area contributed by atoms with Crippen molar-refractivity contribution in [3.63, 3.8) is 0 Å². The van der Waals surface area contributed by atoms with Crippen LogP contribution >= 0.6 is 0 Å². The summed E-state index contributed by atoms with van der Waals surface area (Å²) in [7, 11) is 2.06. The lowest BCUT2D eigenvalue weighted by molar-refractivity contribution is 0.318. The molecule has 0 aromatic carbocycles. The highest BCUT2D eigenvalue weighted by molar-refractivity contribution is 4.79. The molecule has 1 N–H and O–H groups in total. The van der Waals surface area contributed by atoms with Crippen molar-refractivity contribution in [2.75, 3.05) is 26.7 Å². The van der Waals surface area contributed by atoms with Gasteiger partial charge in [0, 0.05) is 31.5 Å². The van der Waals surface area contributed by atoms with E-state index in [4.69, 9.17) is 0 Å². The van der Waals surface area contributed by atoms with Crippen LogP contribution in [0.1, 0.15) is 19.3 Å². The molecule has 1 atom stereocenters. The maximum Gasteiger partial charge on any atom is 0.0945 e. The van der Waals surface area contributed by atoms with Crippen molar-refractivity contribution in [2.45, 2.75) is 31.8 Å². The van der Waals surface area contributed by atoms with Gasteiger partial charge in [0.1, 0.15) is 0 Å². The van der Waals surface area contributed by atoms with Crippen molar-refractivity contribution in [1.29, 1.82) is 0 Å². The van der Waals surface area contributed by atoms with Crippen LogP contribution in [0.3, 0.4) is 0 Å². The quantitative estimate of drug-likeness (QED) is 0.728. The number of hydrogen-bond acceptors (Lipinski definition) is 3. The van der Waals surface area contributed by atoms with Crippen LogP contribution in [0.15, 0.2) is 18.7 Å². The Morgan fingerprint density at radius 2 is 2.25 bits per heavy atom. The van der Waals surface area contributed by atoms with Gasteiger partial charge in [-0.2, -0.15) is 0 Å². The number of aromatic nitrogens is 2. The SMILES string of the molecule is CNC1CCN(CCCCn2ccnc2)C1. The van der Waals surface area contributed by atoms with E-state index < -0.39 is 0 Å². The second-order valence-electron chi connectivity index (χ2n) is 4.58. The van der Waals surface area contributed by atoms with Gasteiger partial charge in [-0.05, 0) is 39.4 Å². The third-order valence-corrected chi connectivity index (χ3v) is 3.38. The molecular weight excluding hydrogens is 200 g/mol. The van der Waals surface area contributed by atoms with Crippen molar-refractivity contribution in [1.82, 2.24) is 19.8 Å². The lowest BCUT2D eigenvalue weighted by atomic mass is 10.3. The molecule has 0 radical (unpaired) electrons. The summed E-state index contributed by atoms with van der Waals surface area (Å²) < 4.78 is 2.15. The van der Waals surface area contributed by atoms with Gasteiger partial charge in [0.2, 0.25) is 0 Å². The van der Waals surface area contributed by atoms with E-state index in [1.165, 1.54) is 38.9 Å². The average molecular weight is 222 g/mol. The van der Waals surface area contributed by atoms with Crippen LogP contribution < -0.4 is 5.32 Å². The molecule has 0 spiro atoms. The normalized spacial score (nSPS) is 21.7. The van der Waals surface area contributed by atoms with Gasteiger partial charge >= 0.3 is 0 Å². The zero-order valence-electron chi connectivity index (χ0n) is 10.1. The Morgan fingerprint density at radius 3 is 2.94 bits per heavy atom. The van der Waals surface area contributed by atoms with Crippen LogP contribution in [0.25, 0.3) is 0 Å². The average Bonchev–Trinajstić information content (AvgIpc) is 2.95. The summed E-state index contributed by atoms with van der Waals surface area (Å²) in [5.74, 6) is 0. The highest BCUT2D eigenvalue weighted by atomic mass is 15.2. The molecule has 1 fully saturated rings. The van der Waals surface area contributed by atoms with Gasteiger partial charge in [-0.25, -0.2) is 4.98 Å². The molecule has 0 aliphatic carbocycles. The fraction of sp³-hybridized carbons (Fsp3) is 0.750. The highest BCUT2D eigenvalue weighted by Crippen LogP contribution is 2.09. The number of imidazole rings is 1. The Bertz CT molecular complexity index is 283. The van der Waals surface area contributed by atoms with Crippen LogP contribution in [-0.4, -0.2) is 47.2 Å². The number of rotatable bonds is 6. The molecule has 1 aliphatic heterocycles. The Kier molecular flexibility index (Phi) is 4.36. The number of likely N-dealkylation sites (tertiary alicyclic amines) is 1. The van der Waals surface area contributed by atoms with Gasteiger partial charge in [-0.1, -0.05) is 0 Å². The molecule has 0 bridgehead atoms. The first-order valence-electron chi connectivity index (χ1n) is 6.24. The van der Waals surface area contributed by atoms with Crippen molar-refractivity contribution >= 4 is 0 Å². The maximum atomic E-state index is 4.04.